The molecule has 0 radical (unpaired) electrons. The van der Waals surface area contributed by atoms with Gasteiger partial charge >= 0.3 is 0 Å². The van der Waals surface area contributed by atoms with Gasteiger partial charge in [-0.3, -0.25) is 4.79 Å². The van der Waals surface area contributed by atoms with E-state index in [2.05, 4.69) is 63.2 Å². The van der Waals surface area contributed by atoms with E-state index in [0.717, 1.165) is 22.1 Å². The smallest absolute Gasteiger partial charge is 0.194 e. The normalized spacial score (nSPS) is 12.8. The number of aryl methyl sites for hydroxylation is 1. The minimum Gasteiger partial charge on any atom is -0.289 e. The van der Waals surface area contributed by atoms with Crippen LogP contribution in [-0.2, 0) is 0 Å². The fourth-order valence-corrected chi connectivity index (χ4v) is 3.46. The average molecular weight is 286 g/mol. The maximum absolute atomic E-state index is 13.0. The average Bonchev–Trinajstić information content (AvgIpc) is 2.53. The summed E-state index contributed by atoms with van der Waals surface area (Å²) < 4.78 is 0. The monoisotopic (exact) mass is 286 g/mol. The fourth-order valence-electron chi connectivity index (χ4n) is 3.46. The highest BCUT2D eigenvalue weighted by atomic mass is 16.1. The van der Waals surface area contributed by atoms with E-state index in [1.165, 1.54) is 22.1 Å². The van der Waals surface area contributed by atoms with Gasteiger partial charge in [-0.25, -0.2) is 0 Å². The van der Waals surface area contributed by atoms with Crippen LogP contribution in [-0.4, -0.2) is 5.78 Å². The molecule has 1 nitrogen and oxygen atoms in total. The molecule has 108 valence electrons. The number of benzene rings is 3. The Morgan fingerprint density at radius 3 is 2.36 bits per heavy atom. The predicted molar refractivity (Wildman–Crippen MR) is 91.6 cm³/mol. The predicted octanol–water partition coefficient (Wildman–Crippen LogP) is 5.48. The fraction of sp³-hybridized carbons (Fsp3) is 0.190. The minimum atomic E-state index is 0.154. The summed E-state index contributed by atoms with van der Waals surface area (Å²) in [6.07, 6.45) is 0. The molecule has 0 spiro atoms. The molecule has 4 rings (SSSR count). The summed E-state index contributed by atoms with van der Waals surface area (Å²) in [5.74, 6) is 0.578. The molecule has 0 N–H and O–H groups in total. The van der Waals surface area contributed by atoms with Gasteiger partial charge in [0.15, 0.2) is 5.78 Å². The van der Waals surface area contributed by atoms with Crippen molar-refractivity contribution in [2.45, 2.75) is 26.7 Å². The van der Waals surface area contributed by atoms with Crippen molar-refractivity contribution < 1.29 is 4.79 Å². The highest BCUT2D eigenvalue weighted by molar-refractivity contribution is 6.26. The minimum absolute atomic E-state index is 0.154. The molecule has 3 aromatic carbocycles. The molecule has 0 aliphatic heterocycles. The molecule has 0 fully saturated rings. The quantitative estimate of drug-likeness (QED) is 0.452. The Bertz CT molecular complexity index is 932. The Morgan fingerprint density at radius 1 is 0.818 bits per heavy atom. The van der Waals surface area contributed by atoms with Crippen LogP contribution in [0.1, 0.15) is 46.8 Å². The lowest BCUT2D eigenvalue weighted by Crippen LogP contribution is -2.11. The molecule has 0 bridgehead atoms. The summed E-state index contributed by atoms with van der Waals surface area (Å²) in [5, 5.41) is 2.29. The SMILES string of the molecule is Cc1ccc2c3c(cccc13)-c1ccc(C(C)C)cc1C2=O. The highest BCUT2D eigenvalue weighted by Crippen LogP contribution is 2.41. The van der Waals surface area contributed by atoms with Gasteiger partial charge in [0.2, 0.25) is 0 Å². The zero-order chi connectivity index (χ0) is 15.4. The zero-order valence-corrected chi connectivity index (χ0v) is 13.1. The molecule has 0 saturated heterocycles. The summed E-state index contributed by atoms with van der Waals surface area (Å²) >= 11 is 0. The first kappa shape index (κ1) is 13.3. The maximum atomic E-state index is 13.0. The number of hydrogen-bond donors (Lipinski definition) is 0. The first-order chi connectivity index (χ1) is 10.6. The molecule has 1 heteroatoms. The largest absolute Gasteiger partial charge is 0.289 e. The van der Waals surface area contributed by atoms with Gasteiger partial charge in [-0.15, -0.1) is 0 Å². The third-order valence-electron chi connectivity index (χ3n) is 4.75. The number of ketones is 1. The van der Waals surface area contributed by atoms with E-state index in [-0.39, 0.29) is 5.78 Å². The van der Waals surface area contributed by atoms with Crippen LogP contribution in [0.3, 0.4) is 0 Å². The molecule has 1 aliphatic carbocycles. The third-order valence-corrected chi connectivity index (χ3v) is 4.75. The third kappa shape index (κ3) is 1.69. The lowest BCUT2D eigenvalue weighted by molar-refractivity contribution is 0.104. The van der Waals surface area contributed by atoms with Gasteiger partial charge in [-0.2, -0.15) is 0 Å². The van der Waals surface area contributed by atoms with Gasteiger partial charge < -0.3 is 0 Å². The van der Waals surface area contributed by atoms with Gasteiger partial charge in [0, 0.05) is 16.5 Å². The van der Waals surface area contributed by atoms with Crippen LogP contribution in [0.25, 0.3) is 21.9 Å². The van der Waals surface area contributed by atoms with Gasteiger partial charge in [0.1, 0.15) is 0 Å². The zero-order valence-electron chi connectivity index (χ0n) is 13.1. The first-order valence-electron chi connectivity index (χ1n) is 7.79. The van der Waals surface area contributed by atoms with Crippen molar-refractivity contribution in [1.82, 2.24) is 0 Å². The van der Waals surface area contributed by atoms with Crippen molar-refractivity contribution in [3.05, 3.63) is 70.8 Å². The van der Waals surface area contributed by atoms with Crippen LogP contribution >= 0.6 is 0 Å². The maximum Gasteiger partial charge on any atom is 0.194 e. The first-order valence-corrected chi connectivity index (χ1v) is 7.79. The van der Waals surface area contributed by atoms with Crippen LogP contribution in [0.2, 0.25) is 0 Å². The van der Waals surface area contributed by atoms with E-state index in [9.17, 15) is 4.79 Å². The number of carbonyl (C=O) groups excluding carboxylic acids is 1. The van der Waals surface area contributed by atoms with Gasteiger partial charge in [0.05, 0.1) is 0 Å². The van der Waals surface area contributed by atoms with E-state index in [1.54, 1.807) is 0 Å². The van der Waals surface area contributed by atoms with E-state index in [1.807, 2.05) is 6.07 Å². The van der Waals surface area contributed by atoms with E-state index < -0.39 is 0 Å². The second-order valence-corrected chi connectivity index (χ2v) is 6.45. The summed E-state index contributed by atoms with van der Waals surface area (Å²) in [6.45, 7) is 6.42. The number of rotatable bonds is 1. The van der Waals surface area contributed by atoms with Gasteiger partial charge in [0.25, 0.3) is 0 Å². The molecule has 0 heterocycles. The Balaban J connectivity index is 2.13. The van der Waals surface area contributed by atoms with Crippen LogP contribution in [0, 0.1) is 6.92 Å². The number of fused-ring (bicyclic) bond motifs is 2. The molecule has 0 unspecified atom stereocenters. The topological polar surface area (TPSA) is 17.1 Å². The van der Waals surface area contributed by atoms with Crippen molar-refractivity contribution in [1.29, 1.82) is 0 Å². The highest BCUT2D eigenvalue weighted by Gasteiger charge is 2.25. The Labute approximate surface area is 130 Å². The molecule has 0 aromatic heterocycles. The van der Waals surface area contributed by atoms with E-state index in [4.69, 9.17) is 0 Å². The van der Waals surface area contributed by atoms with Crippen molar-refractivity contribution >= 4 is 16.6 Å². The molecule has 3 aromatic rings. The van der Waals surface area contributed by atoms with Crippen LogP contribution in [0.15, 0.2) is 48.5 Å². The second kappa shape index (κ2) is 4.54. The number of carbonyl (C=O) groups is 1. The Morgan fingerprint density at radius 2 is 1.59 bits per heavy atom. The van der Waals surface area contributed by atoms with E-state index in [0.29, 0.717) is 5.92 Å². The summed E-state index contributed by atoms with van der Waals surface area (Å²) in [4.78, 5) is 13.0. The molecule has 0 amide bonds. The lowest BCUT2D eigenvalue weighted by atomic mass is 9.80. The lowest BCUT2D eigenvalue weighted by Gasteiger charge is -2.22. The van der Waals surface area contributed by atoms with Crippen LogP contribution in [0.5, 0.6) is 0 Å². The molecule has 22 heavy (non-hydrogen) atoms. The summed E-state index contributed by atoms with van der Waals surface area (Å²) in [6, 6.07) is 16.7. The summed E-state index contributed by atoms with van der Waals surface area (Å²) in [5.41, 5.74) is 6.37. The van der Waals surface area contributed by atoms with Crippen LogP contribution in [0.4, 0.5) is 0 Å². The van der Waals surface area contributed by atoms with Crippen molar-refractivity contribution in [3.63, 3.8) is 0 Å². The Kier molecular flexibility index (Phi) is 2.74. The second-order valence-electron chi connectivity index (χ2n) is 6.45. The number of hydrogen-bond acceptors (Lipinski definition) is 1. The van der Waals surface area contributed by atoms with Crippen molar-refractivity contribution in [2.24, 2.45) is 0 Å². The standard InChI is InChI=1S/C21H18O/c1-12(2)14-8-10-16-17-6-4-5-15-13(3)7-9-18(20(15)17)21(22)19(16)11-14/h4-12H,1-3H3. The summed E-state index contributed by atoms with van der Waals surface area (Å²) in [7, 11) is 0. The molecular formula is C21H18O. The Hall–Kier alpha value is -2.41. The van der Waals surface area contributed by atoms with E-state index >= 15 is 0 Å². The van der Waals surface area contributed by atoms with Crippen LogP contribution < -0.4 is 0 Å². The molecule has 1 aliphatic rings. The molecule has 0 saturated carbocycles. The van der Waals surface area contributed by atoms with Crippen molar-refractivity contribution in [3.8, 4) is 11.1 Å². The molecular weight excluding hydrogens is 268 g/mol. The van der Waals surface area contributed by atoms with Gasteiger partial charge in [-0.05, 0) is 46.5 Å². The van der Waals surface area contributed by atoms with Gasteiger partial charge in [-0.1, -0.05) is 56.3 Å². The van der Waals surface area contributed by atoms with Crippen molar-refractivity contribution in [2.75, 3.05) is 0 Å². The molecule has 0 atom stereocenters.